The molecule has 0 N–H and O–H groups in total. The van der Waals surface area contributed by atoms with Crippen molar-refractivity contribution in [3.63, 3.8) is 0 Å². The van der Waals surface area contributed by atoms with Gasteiger partial charge in [-0.2, -0.15) is 0 Å². The summed E-state index contributed by atoms with van der Waals surface area (Å²) in [4.78, 5) is 17.7. The number of hydrogen-bond acceptors (Lipinski definition) is 2. The first-order valence-corrected chi connectivity index (χ1v) is 4.98. The van der Waals surface area contributed by atoms with Crippen LogP contribution in [0.15, 0.2) is 28.9 Å². The van der Waals surface area contributed by atoms with Gasteiger partial charge in [-0.3, -0.25) is 14.7 Å². The zero-order valence-electron chi connectivity index (χ0n) is 8.53. The molecule has 0 fully saturated rings. The Morgan fingerprint density at radius 1 is 1.64 bits per heavy atom. The van der Waals surface area contributed by atoms with Crippen molar-refractivity contribution in [2.45, 2.75) is 20.3 Å². The van der Waals surface area contributed by atoms with E-state index < -0.39 is 0 Å². The van der Waals surface area contributed by atoms with Crippen molar-refractivity contribution in [1.82, 2.24) is 4.90 Å². The quantitative estimate of drug-likeness (QED) is 0.619. The summed E-state index contributed by atoms with van der Waals surface area (Å²) in [6, 6.07) is 0. The van der Waals surface area contributed by atoms with Crippen LogP contribution in [0, 0.1) is 5.92 Å². The minimum Gasteiger partial charge on any atom is -0.274 e. The average molecular weight is 190 g/mol. The second-order valence-electron chi connectivity index (χ2n) is 3.70. The Kier molecular flexibility index (Phi) is 2.23. The second-order valence-corrected chi connectivity index (χ2v) is 3.70. The van der Waals surface area contributed by atoms with E-state index in [0.29, 0.717) is 6.54 Å². The summed E-state index contributed by atoms with van der Waals surface area (Å²) in [6.45, 7) is 4.63. The monoisotopic (exact) mass is 190 g/mol. The predicted molar refractivity (Wildman–Crippen MR) is 55.8 cm³/mol. The predicted octanol–water partition coefficient (Wildman–Crippen LogP) is 1.73. The van der Waals surface area contributed by atoms with Gasteiger partial charge in [-0.15, -0.1) is 0 Å². The maximum Gasteiger partial charge on any atom is 0.236 e. The normalized spacial score (nSPS) is 25.7. The van der Waals surface area contributed by atoms with Crippen LogP contribution in [0.25, 0.3) is 0 Å². The third-order valence-electron chi connectivity index (χ3n) is 2.59. The maximum absolute atomic E-state index is 11.7. The van der Waals surface area contributed by atoms with Gasteiger partial charge in [0.25, 0.3) is 0 Å². The maximum atomic E-state index is 11.7. The minimum absolute atomic E-state index is 0.0139. The van der Waals surface area contributed by atoms with Crippen LogP contribution in [0.2, 0.25) is 0 Å². The second kappa shape index (κ2) is 3.40. The van der Waals surface area contributed by atoms with Gasteiger partial charge in [-0.25, -0.2) is 0 Å². The molecule has 0 aromatic rings. The van der Waals surface area contributed by atoms with Crippen LogP contribution in [0.3, 0.4) is 0 Å². The molecule has 0 saturated heterocycles. The topological polar surface area (TPSA) is 32.7 Å². The van der Waals surface area contributed by atoms with Crippen LogP contribution in [0.4, 0.5) is 0 Å². The Balaban J connectivity index is 2.32. The van der Waals surface area contributed by atoms with E-state index in [-0.39, 0.29) is 11.8 Å². The number of rotatable bonds is 1. The fourth-order valence-electron chi connectivity index (χ4n) is 1.60. The Morgan fingerprint density at radius 3 is 3.14 bits per heavy atom. The lowest BCUT2D eigenvalue weighted by atomic mass is 10.1. The number of carbonyl (C=O) groups excluding carboxylic acids is 1. The van der Waals surface area contributed by atoms with Gasteiger partial charge in [-0.1, -0.05) is 13.8 Å². The van der Waals surface area contributed by atoms with Crippen LogP contribution in [-0.4, -0.2) is 23.2 Å². The van der Waals surface area contributed by atoms with E-state index in [4.69, 9.17) is 0 Å². The highest BCUT2D eigenvalue weighted by molar-refractivity contribution is 6.08. The van der Waals surface area contributed by atoms with Gasteiger partial charge >= 0.3 is 0 Å². The number of fused-ring (bicyclic) bond motifs is 1. The molecule has 3 nitrogen and oxygen atoms in total. The molecule has 2 aliphatic heterocycles. The Morgan fingerprint density at radius 2 is 2.43 bits per heavy atom. The third-order valence-corrected chi connectivity index (χ3v) is 2.59. The fourth-order valence-corrected chi connectivity index (χ4v) is 1.60. The van der Waals surface area contributed by atoms with Gasteiger partial charge < -0.3 is 0 Å². The van der Waals surface area contributed by atoms with Gasteiger partial charge in [0.2, 0.25) is 5.91 Å². The number of carbonyl (C=O) groups is 1. The largest absolute Gasteiger partial charge is 0.274 e. The molecule has 1 atom stereocenters. The van der Waals surface area contributed by atoms with E-state index in [1.807, 2.05) is 25.3 Å². The van der Waals surface area contributed by atoms with Crippen molar-refractivity contribution in [3.05, 3.63) is 23.9 Å². The molecule has 1 amide bonds. The molecule has 0 aliphatic carbocycles. The smallest absolute Gasteiger partial charge is 0.236 e. The first kappa shape index (κ1) is 9.19. The molecule has 74 valence electrons. The molecule has 0 radical (unpaired) electrons. The van der Waals surface area contributed by atoms with Crippen LogP contribution in [0.1, 0.15) is 20.3 Å². The van der Waals surface area contributed by atoms with Gasteiger partial charge in [0.15, 0.2) is 0 Å². The zero-order valence-corrected chi connectivity index (χ0v) is 8.53. The van der Waals surface area contributed by atoms with Crippen molar-refractivity contribution in [2.24, 2.45) is 10.9 Å². The number of aliphatic imine (C=N–C) groups is 1. The molecule has 1 unspecified atom stereocenters. The molecule has 0 spiro atoms. The summed E-state index contributed by atoms with van der Waals surface area (Å²) in [5.74, 6) is 0.963. The van der Waals surface area contributed by atoms with E-state index in [2.05, 4.69) is 11.9 Å². The summed E-state index contributed by atoms with van der Waals surface area (Å²) >= 11 is 0. The summed E-state index contributed by atoms with van der Waals surface area (Å²) in [7, 11) is 0. The van der Waals surface area contributed by atoms with E-state index in [1.54, 1.807) is 4.90 Å². The number of amidine groups is 1. The summed E-state index contributed by atoms with van der Waals surface area (Å²) in [5, 5.41) is 0. The molecule has 0 aromatic heterocycles. The average Bonchev–Trinajstić information content (AvgIpc) is 2.23. The molecule has 2 heterocycles. The third kappa shape index (κ3) is 1.39. The summed E-state index contributed by atoms with van der Waals surface area (Å²) in [6.07, 6.45) is 6.78. The molecule has 0 aromatic carbocycles. The van der Waals surface area contributed by atoms with Crippen molar-refractivity contribution in [2.75, 3.05) is 6.54 Å². The Labute approximate surface area is 83.8 Å². The first-order valence-electron chi connectivity index (χ1n) is 4.98. The van der Waals surface area contributed by atoms with Gasteiger partial charge in [0, 0.05) is 6.20 Å². The highest BCUT2D eigenvalue weighted by Crippen LogP contribution is 2.18. The molecule has 0 bridgehead atoms. The van der Waals surface area contributed by atoms with E-state index in [1.165, 1.54) is 5.57 Å². The lowest BCUT2D eigenvalue weighted by Crippen LogP contribution is -2.41. The summed E-state index contributed by atoms with van der Waals surface area (Å²) in [5.41, 5.74) is 1.22. The highest BCUT2D eigenvalue weighted by Gasteiger charge is 2.27. The first-order chi connectivity index (χ1) is 6.72. The molecular weight excluding hydrogens is 176 g/mol. The molecule has 0 saturated carbocycles. The van der Waals surface area contributed by atoms with Crippen molar-refractivity contribution < 1.29 is 4.79 Å². The summed E-state index contributed by atoms with van der Waals surface area (Å²) < 4.78 is 0. The number of allylic oxidation sites excluding steroid dienone is 2. The van der Waals surface area contributed by atoms with Crippen LogP contribution < -0.4 is 0 Å². The van der Waals surface area contributed by atoms with Crippen molar-refractivity contribution >= 4 is 11.7 Å². The van der Waals surface area contributed by atoms with Crippen molar-refractivity contribution in [1.29, 1.82) is 0 Å². The number of nitrogens with zero attached hydrogens (tertiary/aromatic N) is 2. The van der Waals surface area contributed by atoms with E-state index in [0.717, 1.165) is 12.3 Å². The van der Waals surface area contributed by atoms with Crippen LogP contribution in [-0.2, 0) is 4.79 Å². The zero-order chi connectivity index (χ0) is 10.1. The van der Waals surface area contributed by atoms with Gasteiger partial charge in [-0.05, 0) is 24.1 Å². The molecule has 2 aliphatic rings. The molecule has 2 rings (SSSR count). The molecule has 3 heteroatoms. The van der Waals surface area contributed by atoms with E-state index in [9.17, 15) is 4.79 Å². The van der Waals surface area contributed by atoms with Crippen LogP contribution in [0.5, 0.6) is 0 Å². The Hall–Kier alpha value is -1.38. The lowest BCUT2D eigenvalue weighted by Gasteiger charge is -2.28. The molecular formula is C11H14N2O. The van der Waals surface area contributed by atoms with Crippen molar-refractivity contribution in [3.8, 4) is 0 Å². The number of amides is 1. The fraction of sp³-hybridized carbons (Fsp3) is 0.455. The minimum atomic E-state index is 0.0139. The SMILES string of the molecule is CCC1=CC2=NCC(C)C(=O)N2C=C1. The van der Waals surface area contributed by atoms with E-state index >= 15 is 0 Å². The lowest BCUT2D eigenvalue weighted by molar-refractivity contribution is -0.129. The van der Waals surface area contributed by atoms with Crippen LogP contribution >= 0.6 is 0 Å². The van der Waals surface area contributed by atoms with Gasteiger partial charge in [0.1, 0.15) is 5.84 Å². The standard InChI is InChI=1S/C11H14N2O/c1-3-9-4-5-13-10(6-9)12-7-8(2)11(13)14/h4-6,8H,3,7H2,1-2H3. The number of hydrogen-bond donors (Lipinski definition) is 0. The highest BCUT2D eigenvalue weighted by atomic mass is 16.2. The molecule has 14 heavy (non-hydrogen) atoms. The Bertz CT molecular complexity index is 352. The van der Waals surface area contributed by atoms with Gasteiger partial charge in [0.05, 0.1) is 12.5 Å².